The molecule has 5 rings (SSSR count). The normalized spacial score (nSPS) is 16.5. The fraction of sp³-hybridized carbons (Fsp3) is 0.346. The molecule has 3 heterocycles. The lowest BCUT2D eigenvalue weighted by atomic mass is 10.2. The van der Waals surface area contributed by atoms with Crippen molar-refractivity contribution in [3.63, 3.8) is 0 Å². The van der Waals surface area contributed by atoms with Gasteiger partial charge in [-0.3, -0.25) is 9.88 Å². The molecule has 166 valence electrons. The highest BCUT2D eigenvalue weighted by atomic mass is 16.5. The number of pyridine rings is 1. The molecule has 0 saturated carbocycles. The number of aliphatic hydroxyl groups excluding tert-OH is 1. The fourth-order valence-electron chi connectivity index (χ4n) is 4.50. The summed E-state index contributed by atoms with van der Waals surface area (Å²) in [6.45, 7) is 6.43. The summed E-state index contributed by atoms with van der Waals surface area (Å²) in [4.78, 5) is 9.19. The van der Waals surface area contributed by atoms with Crippen LogP contribution in [-0.2, 0) is 0 Å². The number of fused-ring (bicyclic) bond motifs is 2. The Morgan fingerprint density at radius 2 is 1.72 bits per heavy atom. The van der Waals surface area contributed by atoms with E-state index in [1.165, 1.54) is 5.39 Å². The van der Waals surface area contributed by atoms with Crippen molar-refractivity contribution in [3.8, 4) is 5.75 Å². The first-order valence-corrected chi connectivity index (χ1v) is 11.4. The van der Waals surface area contributed by atoms with Gasteiger partial charge in [-0.1, -0.05) is 24.3 Å². The molecule has 2 aromatic carbocycles. The SMILES string of the molecule is OC(CN1CCN(CCCOc2ccc3ncccc3c2)CC1)n1ccc2ccccc21. The number of rotatable bonds is 8. The Labute approximate surface area is 188 Å². The van der Waals surface area contributed by atoms with Gasteiger partial charge in [0.05, 0.1) is 17.6 Å². The van der Waals surface area contributed by atoms with E-state index in [9.17, 15) is 5.11 Å². The third kappa shape index (κ3) is 4.78. The monoisotopic (exact) mass is 430 g/mol. The van der Waals surface area contributed by atoms with Crippen LogP contribution in [0.3, 0.4) is 0 Å². The third-order valence-corrected chi connectivity index (χ3v) is 6.30. The molecule has 0 aliphatic carbocycles. The van der Waals surface area contributed by atoms with Crippen LogP contribution in [0.2, 0.25) is 0 Å². The molecule has 0 amide bonds. The second kappa shape index (κ2) is 9.69. The molecule has 1 atom stereocenters. The number of aliphatic hydroxyl groups is 1. The van der Waals surface area contributed by atoms with E-state index >= 15 is 0 Å². The van der Waals surface area contributed by atoms with E-state index in [0.29, 0.717) is 13.2 Å². The minimum Gasteiger partial charge on any atom is -0.494 e. The maximum Gasteiger partial charge on any atom is 0.143 e. The molecule has 6 nitrogen and oxygen atoms in total. The van der Waals surface area contributed by atoms with Gasteiger partial charge in [0.1, 0.15) is 12.0 Å². The van der Waals surface area contributed by atoms with E-state index in [4.69, 9.17) is 4.74 Å². The largest absolute Gasteiger partial charge is 0.494 e. The van der Waals surface area contributed by atoms with Gasteiger partial charge in [0.2, 0.25) is 0 Å². The average molecular weight is 431 g/mol. The van der Waals surface area contributed by atoms with Gasteiger partial charge in [0.25, 0.3) is 0 Å². The van der Waals surface area contributed by atoms with Crippen molar-refractivity contribution in [3.05, 3.63) is 73.1 Å². The molecule has 1 aliphatic rings. The number of benzene rings is 2. The van der Waals surface area contributed by atoms with Crippen molar-refractivity contribution >= 4 is 21.8 Å². The van der Waals surface area contributed by atoms with Gasteiger partial charge in [0.15, 0.2) is 0 Å². The number of hydrogen-bond donors (Lipinski definition) is 1. The van der Waals surface area contributed by atoms with Crippen LogP contribution in [-0.4, -0.2) is 70.3 Å². The highest BCUT2D eigenvalue weighted by Gasteiger charge is 2.20. The first-order chi connectivity index (χ1) is 15.8. The molecule has 1 saturated heterocycles. The van der Waals surface area contributed by atoms with Gasteiger partial charge in [-0.05, 0) is 48.2 Å². The lowest BCUT2D eigenvalue weighted by molar-refractivity contribution is 0.0363. The molecule has 1 fully saturated rings. The molecule has 32 heavy (non-hydrogen) atoms. The van der Waals surface area contributed by atoms with E-state index in [2.05, 4.69) is 45.1 Å². The van der Waals surface area contributed by atoms with Gasteiger partial charge >= 0.3 is 0 Å². The fourth-order valence-corrected chi connectivity index (χ4v) is 4.50. The Bertz CT molecular complexity index is 1170. The minimum absolute atomic E-state index is 0.521. The van der Waals surface area contributed by atoms with E-state index in [1.54, 1.807) is 0 Å². The topological polar surface area (TPSA) is 53.8 Å². The van der Waals surface area contributed by atoms with Crippen molar-refractivity contribution < 1.29 is 9.84 Å². The maximum atomic E-state index is 10.8. The zero-order valence-corrected chi connectivity index (χ0v) is 18.3. The van der Waals surface area contributed by atoms with E-state index < -0.39 is 6.23 Å². The highest BCUT2D eigenvalue weighted by molar-refractivity contribution is 5.80. The number of ether oxygens (including phenoxy) is 1. The molecule has 0 bridgehead atoms. The molecule has 0 radical (unpaired) electrons. The molecule has 4 aromatic rings. The summed E-state index contributed by atoms with van der Waals surface area (Å²) in [6, 6.07) is 20.3. The zero-order valence-electron chi connectivity index (χ0n) is 18.3. The van der Waals surface area contributed by atoms with Gasteiger partial charge in [-0.25, -0.2) is 0 Å². The maximum absolute atomic E-state index is 10.8. The Hall–Kier alpha value is -2.93. The van der Waals surface area contributed by atoms with Crippen LogP contribution in [0.1, 0.15) is 12.6 Å². The average Bonchev–Trinajstić information content (AvgIpc) is 3.27. The van der Waals surface area contributed by atoms with Gasteiger partial charge in [-0.2, -0.15) is 0 Å². The number of nitrogens with zero attached hydrogens (tertiary/aromatic N) is 4. The predicted molar refractivity (Wildman–Crippen MR) is 128 cm³/mol. The predicted octanol–water partition coefficient (Wildman–Crippen LogP) is 3.77. The third-order valence-electron chi connectivity index (χ3n) is 6.30. The summed E-state index contributed by atoms with van der Waals surface area (Å²) in [5, 5.41) is 13.0. The van der Waals surface area contributed by atoms with Crippen LogP contribution in [0.4, 0.5) is 0 Å². The Morgan fingerprint density at radius 1 is 0.906 bits per heavy atom. The quantitative estimate of drug-likeness (QED) is 0.431. The Kier molecular flexibility index (Phi) is 6.34. The molecule has 1 aliphatic heterocycles. The summed E-state index contributed by atoms with van der Waals surface area (Å²) in [5.41, 5.74) is 2.08. The lowest BCUT2D eigenvalue weighted by Gasteiger charge is -2.35. The number of aromatic nitrogens is 2. The van der Waals surface area contributed by atoms with Gasteiger partial charge in [0, 0.05) is 57.0 Å². The van der Waals surface area contributed by atoms with Crippen molar-refractivity contribution in [2.24, 2.45) is 0 Å². The number of para-hydroxylation sites is 1. The molecule has 0 spiro atoms. The molecule has 2 aromatic heterocycles. The second-order valence-electron chi connectivity index (χ2n) is 8.46. The molecule has 1 N–H and O–H groups in total. The Morgan fingerprint density at radius 3 is 2.62 bits per heavy atom. The first kappa shape index (κ1) is 20.9. The molecular formula is C26H30N4O2. The van der Waals surface area contributed by atoms with Crippen LogP contribution >= 0.6 is 0 Å². The minimum atomic E-state index is -0.521. The van der Waals surface area contributed by atoms with Crippen LogP contribution < -0.4 is 4.74 Å². The molecule has 1 unspecified atom stereocenters. The zero-order chi connectivity index (χ0) is 21.8. The lowest BCUT2D eigenvalue weighted by Crippen LogP contribution is -2.48. The van der Waals surface area contributed by atoms with Crippen molar-refractivity contribution in [2.45, 2.75) is 12.6 Å². The number of β-amino-alcohol motifs (C(OH)–C–C–N with tert-alkyl or cyclic N) is 1. The van der Waals surface area contributed by atoms with Crippen LogP contribution in [0.15, 0.2) is 73.1 Å². The van der Waals surface area contributed by atoms with Crippen LogP contribution in [0.25, 0.3) is 21.8 Å². The molecule has 6 heteroatoms. The summed E-state index contributed by atoms with van der Waals surface area (Å²) in [7, 11) is 0. The summed E-state index contributed by atoms with van der Waals surface area (Å²) in [6.07, 6.45) is 4.28. The van der Waals surface area contributed by atoms with Crippen molar-refractivity contribution in [2.75, 3.05) is 45.9 Å². The number of piperazine rings is 1. The highest BCUT2D eigenvalue weighted by Crippen LogP contribution is 2.21. The molecular weight excluding hydrogens is 400 g/mol. The van der Waals surface area contributed by atoms with E-state index in [0.717, 1.165) is 61.3 Å². The van der Waals surface area contributed by atoms with Crippen molar-refractivity contribution in [1.29, 1.82) is 0 Å². The van der Waals surface area contributed by atoms with E-state index in [1.807, 2.05) is 47.3 Å². The van der Waals surface area contributed by atoms with Crippen molar-refractivity contribution in [1.82, 2.24) is 19.4 Å². The summed E-state index contributed by atoms with van der Waals surface area (Å²) < 4.78 is 7.93. The van der Waals surface area contributed by atoms with E-state index in [-0.39, 0.29) is 0 Å². The van der Waals surface area contributed by atoms with Gasteiger partial charge in [-0.15, -0.1) is 0 Å². The number of hydrogen-bond acceptors (Lipinski definition) is 5. The summed E-state index contributed by atoms with van der Waals surface area (Å²) >= 11 is 0. The van der Waals surface area contributed by atoms with Crippen LogP contribution in [0, 0.1) is 0 Å². The second-order valence-corrected chi connectivity index (χ2v) is 8.46. The van der Waals surface area contributed by atoms with Gasteiger partial charge < -0.3 is 19.3 Å². The smallest absolute Gasteiger partial charge is 0.143 e. The standard InChI is InChI=1S/C26H30N4O2/c31-26(30-13-10-21-5-1-2-7-25(21)30)20-29-16-14-28(15-17-29)12-4-18-32-23-8-9-24-22(19-23)6-3-11-27-24/h1-3,5-11,13,19,26,31H,4,12,14-18,20H2. The summed E-state index contributed by atoms with van der Waals surface area (Å²) in [5.74, 6) is 0.904. The Balaban J connectivity index is 1.04. The first-order valence-electron chi connectivity index (χ1n) is 11.4. The van der Waals surface area contributed by atoms with Crippen LogP contribution in [0.5, 0.6) is 5.75 Å².